The first-order chi connectivity index (χ1) is 5.70. The Morgan fingerprint density at radius 3 is 2.33 bits per heavy atom. The van der Waals surface area contributed by atoms with Gasteiger partial charge in [-0.15, -0.1) is 6.58 Å². The molecule has 0 nitrogen and oxygen atoms in total. The van der Waals surface area contributed by atoms with E-state index in [1.165, 1.54) is 32.1 Å². The molecule has 0 bridgehead atoms. The maximum absolute atomic E-state index is 4.00. The van der Waals surface area contributed by atoms with Crippen LogP contribution in [0.25, 0.3) is 0 Å². The van der Waals surface area contributed by atoms with Crippen LogP contribution in [0, 0.1) is 18.8 Å². The van der Waals surface area contributed by atoms with Crippen molar-refractivity contribution in [3.05, 3.63) is 19.6 Å². The zero-order valence-electron chi connectivity index (χ0n) is 8.68. The lowest BCUT2D eigenvalue weighted by Gasteiger charge is -2.14. The van der Waals surface area contributed by atoms with Crippen LogP contribution >= 0.6 is 0 Å². The summed E-state index contributed by atoms with van der Waals surface area (Å²) in [5.41, 5.74) is 0. The fourth-order valence-corrected chi connectivity index (χ4v) is 1.43. The van der Waals surface area contributed by atoms with Gasteiger partial charge in [0.05, 0.1) is 0 Å². The summed E-state index contributed by atoms with van der Waals surface area (Å²) in [5.74, 6) is 1.51. The van der Waals surface area contributed by atoms with E-state index in [0.717, 1.165) is 5.92 Å². The molecule has 0 heterocycles. The molecule has 2 atom stereocenters. The molecular formula is C12H23. The largest absolute Gasteiger partial charge is 0.103 e. The monoisotopic (exact) mass is 167 g/mol. The Balaban J connectivity index is 3.45. The molecule has 0 saturated heterocycles. The van der Waals surface area contributed by atoms with E-state index in [1.54, 1.807) is 0 Å². The van der Waals surface area contributed by atoms with E-state index >= 15 is 0 Å². The highest BCUT2D eigenvalue weighted by Crippen LogP contribution is 2.19. The molecule has 0 aliphatic carbocycles. The number of hydrogen-bond donors (Lipinski definition) is 0. The Morgan fingerprint density at radius 2 is 1.92 bits per heavy atom. The summed E-state index contributed by atoms with van der Waals surface area (Å²) in [6.07, 6.45) is 8.43. The van der Waals surface area contributed by atoms with Crippen molar-refractivity contribution in [2.45, 2.75) is 46.0 Å². The molecule has 0 heteroatoms. The highest BCUT2D eigenvalue weighted by Gasteiger charge is 2.05. The second-order valence-electron chi connectivity index (χ2n) is 3.82. The van der Waals surface area contributed by atoms with Gasteiger partial charge in [0.25, 0.3) is 0 Å². The summed E-state index contributed by atoms with van der Waals surface area (Å²) >= 11 is 0. The van der Waals surface area contributed by atoms with Gasteiger partial charge in [0.15, 0.2) is 0 Å². The van der Waals surface area contributed by atoms with Crippen LogP contribution in [0.3, 0.4) is 0 Å². The first-order valence-electron chi connectivity index (χ1n) is 5.14. The average Bonchev–Trinajstić information content (AvgIpc) is 2.05. The molecule has 0 saturated carbocycles. The first-order valence-corrected chi connectivity index (χ1v) is 5.14. The van der Waals surface area contributed by atoms with Crippen LogP contribution in [0.4, 0.5) is 0 Å². The number of hydrogen-bond acceptors (Lipinski definition) is 0. The summed E-state index contributed by atoms with van der Waals surface area (Å²) in [4.78, 5) is 0. The van der Waals surface area contributed by atoms with Gasteiger partial charge >= 0.3 is 0 Å². The van der Waals surface area contributed by atoms with Gasteiger partial charge in [0, 0.05) is 0 Å². The van der Waals surface area contributed by atoms with Crippen molar-refractivity contribution in [2.75, 3.05) is 0 Å². The second-order valence-corrected chi connectivity index (χ2v) is 3.82. The summed E-state index contributed by atoms with van der Waals surface area (Å²) < 4.78 is 0. The lowest BCUT2D eigenvalue weighted by atomic mass is 9.92. The van der Waals surface area contributed by atoms with Gasteiger partial charge in [-0.2, -0.15) is 0 Å². The van der Waals surface area contributed by atoms with E-state index in [4.69, 9.17) is 0 Å². The van der Waals surface area contributed by atoms with Gasteiger partial charge in [-0.1, -0.05) is 46.1 Å². The molecule has 0 fully saturated rings. The number of allylic oxidation sites excluding steroid dienone is 1. The molecule has 2 unspecified atom stereocenters. The zero-order chi connectivity index (χ0) is 9.40. The van der Waals surface area contributed by atoms with Gasteiger partial charge < -0.3 is 0 Å². The highest BCUT2D eigenvalue weighted by atomic mass is 14.1. The lowest BCUT2D eigenvalue weighted by molar-refractivity contribution is 0.404. The van der Waals surface area contributed by atoms with Crippen molar-refractivity contribution in [3.8, 4) is 0 Å². The van der Waals surface area contributed by atoms with Crippen molar-refractivity contribution < 1.29 is 0 Å². The lowest BCUT2D eigenvalue weighted by Crippen LogP contribution is -2.00. The molecule has 0 rings (SSSR count). The summed E-state index contributed by atoms with van der Waals surface area (Å²) in [5, 5.41) is 0. The maximum Gasteiger partial charge on any atom is -0.0351 e. The molecular weight excluding hydrogens is 144 g/mol. The number of rotatable bonds is 7. The Morgan fingerprint density at radius 1 is 1.25 bits per heavy atom. The van der Waals surface area contributed by atoms with Crippen molar-refractivity contribution in [1.29, 1.82) is 0 Å². The van der Waals surface area contributed by atoms with Crippen molar-refractivity contribution in [2.24, 2.45) is 11.8 Å². The fourth-order valence-electron chi connectivity index (χ4n) is 1.43. The third-order valence-corrected chi connectivity index (χ3v) is 2.42. The Kier molecular flexibility index (Phi) is 7.23. The SMILES string of the molecule is [CH2]C(C)CCC(CC)CCC=C. The van der Waals surface area contributed by atoms with Crippen molar-refractivity contribution in [1.82, 2.24) is 0 Å². The van der Waals surface area contributed by atoms with Crippen molar-refractivity contribution in [3.63, 3.8) is 0 Å². The van der Waals surface area contributed by atoms with Crippen LogP contribution < -0.4 is 0 Å². The quantitative estimate of drug-likeness (QED) is 0.498. The molecule has 1 radical (unpaired) electrons. The fraction of sp³-hybridized carbons (Fsp3) is 0.750. The first kappa shape index (κ1) is 11.7. The molecule has 71 valence electrons. The summed E-state index contributed by atoms with van der Waals surface area (Å²) in [7, 11) is 0. The second kappa shape index (κ2) is 7.39. The van der Waals surface area contributed by atoms with Crippen LogP contribution in [0.1, 0.15) is 46.0 Å². The van der Waals surface area contributed by atoms with Gasteiger partial charge in [-0.3, -0.25) is 0 Å². The van der Waals surface area contributed by atoms with E-state index in [9.17, 15) is 0 Å². The topological polar surface area (TPSA) is 0 Å². The minimum Gasteiger partial charge on any atom is -0.103 e. The predicted octanol–water partition coefficient (Wildman–Crippen LogP) is 4.23. The van der Waals surface area contributed by atoms with Crippen LogP contribution in [-0.4, -0.2) is 0 Å². The van der Waals surface area contributed by atoms with Crippen LogP contribution in [-0.2, 0) is 0 Å². The predicted molar refractivity (Wildman–Crippen MR) is 57.0 cm³/mol. The Hall–Kier alpha value is -0.260. The van der Waals surface area contributed by atoms with E-state index in [1.807, 2.05) is 6.08 Å². The third kappa shape index (κ3) is 6.45. The zero-order valence-corrected chi connectivity index (χ0v) is 8.68. The van der Waals surface area contributed by atoms with E-state index < -0.39 is 0 Å². The van der Waals surface area contributed by atoms with Gasteiger partial charge in [0.1, 0.15) is 0 Å². The molecule has 0 amide bonds. The van der Waals surface area contributed by atoms with Gasteiger partial charge in [0.2, 0.25) is 0 Å². The van der Waals surface area contributed by atoms with Crippen LogP contribution in [0.5, 0.6) is 0 Å². The van der Waals surface area contributed by atoms with Crippen LogP contribution in [0.2, 0.25) is 0 Å². The normalized spacial score (nSPS) is 13.3. The molecule has 0 aliphatic heterocycles. The van der Waals surface area contributed by atoms with Gasteiger partial charge in [-0.25, -0.2) is 0 Å². The van der Waals surface area contributed by atoms with Gasteiger partial charge in [-0.05, 0) is 24.7 Å². The molecule has 0 aromatic carbocycles. The molecule has 0 aromatic rings. The van der Waals surface area contributed by atoms with E-state index in [2.05, 4.69) is 27.4 Å². The minimum atomic E-state index is 0.614. The smallest absolute Gasteiger partial charge is 0.0351 e. The summed E-state index contributed by atoms with van der Waals surface area (Å²) in [6.45, 7) is 12.2. The molecule has 0 spiro atoms. The molecule has 0 aliphatic rings. The average molecular weight is 167 g/mol. The standard InChI is InChI=1S/C12H23/c1-5-7-8-12(6-2)10-9-11(3)4/h5,11-12H,1,3,6-10H2,2,4H3. The van der Waals surface area contributed by atoms with Crippen molar-refractivity contribution >= 4 is 0 Å². The van der Waals surface area contributed by atoms with Crippen LogP contribution in [0.15, 0.2) is 12.7 Å². The third-order valence-electron chi connectivity index (χ3n) is 2.42. The molecule has 12 heavy (non-hydrogen) atoms. The Bertz CT molecular complexity index is 103. The summed E-state index contributed by atoms with van der Waals surface area (Å²) in [6, 6.07) is 0. The molecule has 0 N–H and O–H groups in total. The van der Waals surface area contributed by atoms with E-state index in [0.29, 0.717) is 5.92 Å². The highest BCUT2D eigenvalue weighted by molar-refractivity contribution is 4.70. The maximum atomic E-state index is 4.00. The Labute approximate surface area is 78.1 Å². The van der Waals surface area contributed by atoms with E-state index in [-0.39, 0.29) is 0 Å². The molecule has 0 aromatic heterocycles. The minimum absolute atomic E-state index is 0.614.